The van der Waals surface area contributed by atoms with Gasteiger partial charge in [0.1, 0.15) is 18.2 Å². The summed E-state index contributed by atoms with van der Waals surface area (Å²) in [6, 6.07) is 6.29. The minimum Gasteiger partial charge on any atom is -0.485 e. The van der Waals surface area contributed by atoms with Crippen molar-refractivity contribution >= 4 is 0 Å². The molecule has 0 fully saturated rings. The lowest BCUT2D eigenvalue weighted by molar-refractivity contribution is 0.284. The molecule has 4 heteroatoms. The van der Waals surface area contributed by atoms with Crippen LogP contribution in [-0.2, 0) is 19.7 Å². The molecule has 0 aliphatic carbocycles. The Bertz CT molecular complexity index is 563. The van der Waals surface area contributed by atoms with Crippen LogP contribution < -0.4 is 10.1 Å². The SMILES string of the molecule is CCCNCc1cccc(C)c1OCc1nccn1CC. The molecule has 21 heavy (non-hydrogen) atoms. The van der Waals surface area contributed by atoms with Crippen LogP contribution in [0.5, 0.6) is 5.75 Å². The smallest absolute Gasteiger partial charge is 0.146 e. The average Bonchev–Trinajstić information content (AvgIpc) is 2.94. The van der Waals surface area contributed by atoms with Crippen LogP contribution in [0.2, 0.25) is 0 Å². The maximum absolute atomic E-state index is 6.06. The van der Waals surface area contributed by atoms with E-state index in [2.05, 4.69) is 53.8 Å². The van der Waals surface area contributed by atoms with E-state index in [1.54, 1.807) is 0 Å². The van der Waals surface area contributed by atoms with Crippen LogP contribution in [0.25, 0.3) is 0 Å². The Morgan fingerprint density at radius 1 is 1.29 bits per heavy atom. The van der Waals surface area contributed by atoms with Gasteiger partial charge in [0.05, 0.1) is 0 Å². The molecule has 0 amide bonds. The molecule has 0 aliphatic rings. The molecule has 0 saturated carbocycles. The van der Waals surface area contributed by atoms with E-state index < -0.39 is 0 Å². The molecule has 1 aromatic heterocycles. The van der Waals surface area contributed by atoms with Crippen molar-refractivity contribution in [1.29, 1.82) is 0 Å². The second kappa shape index (κ2) is 7.84. The summed E-state index contributed by atoms with van der Waals surface area (Å²) < 4.78 is 8.17. The third-order valence-corrected chi connectivity index (χ3v) is 3.52. The molecule has 0 aliphatic heterocycles. The van der Waals surface area contributed by atoms with Gasteiger partial charge in [-0.2, -0.15) is 0 Å². The Kier molecular flexibility index (Phi) is 5.81. The zero-order valence-electron chi connectivity index (χ0n) is 13.2. The van der Waals surface area contributed by atoms with Crippen molar-refractivity contribution in [1.82, 2.24) is 14.9 Å². The number of para-hydroxylation sites is 1. The van der Waals surface area contributed by atoms with E-state index in [1.807, 2.05) is 12.4 Å². The molecule has 0 atom stereocenters. The third kappa shape index (κ3) is 4.08. The fraction of sp³-hybridized carbons (Fsp3) is 0.471. The minimum absolute atomic E-state index is 0.506. The number of nitrogens with zero attached hydrogens (tertiary/aromatic N) is 2. The van der Waals surface area contributed by atoms with Crippen LogP contribution in [-0.4, -0.2) is 16.1 Å². The molecule has 1 heterocycles. The van der Waals surface area contributed by atoms with E-state index in [9.17, 15) is 0 Å². The van der Waals surface area contributed by atoms with Crippen molar-refractivity contribution in [3.63, 3.8) is 0 Å². The van der Waals surface area contributed by atoms with Crippen molar-refractivity contribution in [2.75, 3.05) is 6.54 Å². The number of ether oxygens (including phenoxy) is 1. The zero-order valence-corrected chi connectivity index (χ0v) is 13.2. The van der Waals surface area contributed by atoms with Gasteiger partial charge in [0.15, 0.2) is 0 Å². The van der Waals surface area contributed by atoms with Crippen LogP contribution in [0.3, 0.4) is 0 Å². The third-order valence-electron chi connectivity index (χ3n) is 3.52. The quantitative estimate of drug-likeness (QED) is 0.757. The summed E-state index contributed by atoms with van der Waals surface area (Å²) in [5, 5.41) is 3.43. The highest BCUT2D eigenvalue weighted by atomic mass is 16.5. The average molecular weight is 287 g/mol. The predicted molar refractivity (Wildman–Crippen MR) is 85.4 cm³/mol. The maximum atomic E-state index is 6.06. The number of hydrogen-bond donors (Lipinski definition) is 1. The van der Waals surface area contributed by atoms with E-state index in [0.717, 1.165) is 37.6 Å². The fourth-order valence-corrected chi connectivity index (χ4v) is 2.36. The largest absolute Gasteiger partial charge is 0.485 e. The molecule has 0 spiro atoms. The number of nitrogens with one attached hydrogen (secondary N) is 1. The van der Waals surface area contributed by atoms with Gasteiger partial charge in [0.2, 0.25) is 0 Å². The van der Waals surface area contributed by atoms with Crippen molar-refractivity contribution in [2.45, 2.75) is 46.9 Å². The van der Waals surface area contributed by atoms with Crippen molar-refractivity contribution in [3.05, 3.63) is 47.5 Å². The van der Waals surface area contributed by atoms with E-state index in [-0.39, 0.29) is 0 Å². The van der Waals surface area contributed by atoms with Crippen molar-refractivity contribution < 1.29 is 4.74 Å². The molecule has 0 radical (unpaired) electrons. The van der Waals surface area contributed by atoms with Gasteiger partial charge in [-0.3, -0.25) is 0 Å². The highest BCUT2D eigenvalue weighted by Gasteiger charge is 2.09. The molecule has 4 nitrogen and oxygen atoms in total. The number of hydrogen-bond acceptors (Lipinski definition) is 3. The summed E-state index contributed by atoms with van der Waals surface area (Å²) in [7, 11) is 0. The Morgan fingerprint density at radius 2 is 2.14 bits per heavy atom. The van der Waals surface area contributed by atoms with E-state index in [4.69, 9.17) is 4.74 Å². The van der Waals surface area contributed by atoms with Gasteiger partial charge in [-0.25, -0.2) is 4.98 Å². The van der Waals surface area contributed by atoms with E-state index in [0.29, 0.717) is 6.61 Å². The molecule has 2 aromatic rings. The van der Waals surface area contributed by atoms with Crippen LogP contribution in [0.15, 0.2) is 30.6 Å². The fourth-order valence-electron chi connectivity index (χ4n) is 2.36. The molecule has 0 bridgehead atoms. The molecular weight excluding hydrogens is 262 g/mol. The zero-order chi connectivity index (χ0) is 15.1. The summed E-state index contributed by atoms with van der Waals surface area (Å²) >= 11 is 0. The predicted octanol–water partition coefficient (Wildman–Crippen LogP) is 3.29. The van der Waals surface area contributed by atoms with Gasteiger partial charge in [-0.1, -0.05) is 25.1 Å². The topological polar surface area (TPSA) is 39.1 Å². The van der Waals surface area contributed by atoms with Gasteiger partial charge >= 0.3 is 0 Å². The number of aryl methyl sites for hydroxylation is 2. The monoisotopic (exact) mass is 287 g/mol. The molecule has 0 saturated heterocycles. The van der Waals surface area contributed by atoms with Crippen LogP contribution >= 0.6 is 0 Å². The van der Waals surface area contributed by atoms with Gasteiger partial charge < -0.3 is 14.6 Å². The summed E-state index contributed by atoms with van der Waals surface area (Å²) in [5.74, 6) is 1.94. The summed E-state index contributed by atoms with van der Waals surface area (Å²) in [6.07, 6.45) is 4.94. The Balaban J connectivity index is 2.07. The second-order valence-corrected chi connectivity index (χ2v) is 5.16. The molecule has 0 unspecified atom stereocenters. The lowest BCUT2D eigenvalue weighted by Crippen LogP contribution is -2.15. The molecule has 1 N–H and O–H groups in total. The summed E-state index contributed by atoms with van der Waals surface area (Å²) in [5.41, 5.74) is 2.37. The van der Waals surface area contributed by atoms with Gasteiger partial charge in [-0.05, 0) is 32.4 Å². The highest BCUT2D eigenvalue weighted by molar-refractivity contribution is 5.40. The highest BCUT2D eigenvalue weighted by Crippen LogP contribution is 2.24. The number of imidazole rings is 1. The first-order valence-electron chi connectivity index (χ1n) is 7.68. The molecule has 2 rings (SSSR count). The van der Waals surface area contributed by atoms with Crippen LogP contribution in [0.1, 0.15) is 37.2 Å². The van der Waals surface area contributed by atoms with E-state index in [1.165, 1.54) is 11.1 Å². The van der Waals surface area contributed by atoms with Gasteiger partial charge in [-0.15, -0.1) is 0 Å². The number of aromatic nitrogens is 2. The lowest BCUT2D eigenvalue weighted by atomic mass is 10.1. The Labute approximate surface area is 127 Å². The second-order valence-electron chi connectivity index (χ2n) is 5.16. The minimum atomic E-state index is 0.506. The van der Waals surface area contributed by atoms with Crippen molar-refractivity contribution in [2.24, 2.45) is 0 Å². The van der Waals surface area contributed by atoms with E-state index >= 15 is 0 Å². The standard InChI is InChI=1S/C17H25N3O/c1-4-9-18-12-15-8-6-7-14(3)17(15)21-13-16-19-10-11-20(16)5-2/h6-8,10-11,18H,4-5,9,12-13H2,1-3H3. The molecular formula is C17H25N3O. The first-order chi connectivity index (χ1) is 10.3. The molecule has 1 aromatic carbocycles. The van der Waals surface area contributed by atoms with Gasteiger partial charge in [0, 0.05) is 31.0 Å². The first kappa shape index (κ1) is 15.6. The van der Waals surface area contributed by atoms with Gasteiger partial charge in [0.25, 0.3) is 0 Å². The normalized spacial score (nSPS) is 10.8. The summed E-state index contributed by atoms with van der Waals surface area (Å²) in [6.45, 7) is 9.65. The number of benzene rings is 1. The van der Waals surface area contributed by atoms with Crippen LogP contribution in [0.4, 0.5) is 0 Å². The van der Waals surface area contributed by atoms with Crippen molar-refractivity contribution in [3.8, 4) is 5.75 Å². The first-order valence-corrected chi connectivity index (χ1v) is 7.68. The Hall–Kier alpha value is -1.81. The van der Waals surface area contributed by atoms with Crippen LogP contribution in [0, 0.1) is 6.92 Å². The Morgan fingerprint density at radius 3 is 2.90 bits per heavy atom. The number of rotatable bonds is 8. The summed E-state index contributed by atoms with van der Waals surface area (Å²) in [4.78, 5) is 4.36. The maximum Gasteiger partial charge on any atom is 0.146 e. The molecule has 114 valence electrons. The lowest BCUT2D eigenvalue weighted by Gasteiger charge is -2.15.